The Morgan fingerprint density at radius 1 is 0.895 bits per heavy atom. The van der Waals surface area contributed by atoms with Gasteiger partial charge in [0.15, 0.2) is 11.5 Å². The largest absolute Gasteiger partial charge is 0.480 e. The number of nitrogens with two attached hydrogens (primary N) is 1. The summed E-state index contributed by atoms with van der Waals surface area (Å²) in [6, 6.07) is 4.52. The van der Waals surface area contributed by atoms with E-state index in [0.717, 1.165) is 12.8 Å². The van der Waals surface area contributed by atoms with Crippen molar-refractivity contribution in [1.82, 2.24) is 0 Å². The number of ether oxygens (including phenoxy) is 3. The van der Waals surface area contributed by atoms with Gasteiger partial charge in [0, 0.05) is 18.8 Å². The summed E-state index contributed by atoms with van der Waals surface area (Å²) in [6.07, 6.45) is 3.07. The number of carboxylic acids is 1. The number of carboxylic acid groups (broad SMARTS) is 1. The minimum atomic E-state index is -1.80. The minimum Gasteiger partial charge on any atom is -0.480 e. The molecule has 0 aliphatic heterocycles. The van der Waals surface area contributed by atoms with E-state index in [1.165, 1.54) is 12.1 Å². The summed E-state index contributed by atoms with van der Waals surface area (Å²) in [5.41, 5.74) is 5.09. The zero-order chi connectivity index (χ0) is 29.0. The van der Waals surface area contributed by atoms with E-state index in [9.17, 15) is 24.3 Å². The van der Waals surface area contributed by atoms with Crippen molar-refractivity contribution in [2.75, 3.05) is 0 Å². The molecule has 0 heterocycles. The van der Waals surface area contributed by atoms with Gasteiger partial charge in [-0.25, -0.2) is 0 Å². The van der Waals surface area contributed by atoms with Crippen molar-refractivity contribution >= 4 is 23.9 Å². The number of unbranched alkanes of at least 4 members (excludes halogenated alkanes) is 2. The van der Waals surface area contributed by atoms with Gasteiger partial charge >= 0.3 is 23.9 Å². The lowest BCUT2D eigenvalue weighted by atomic mass is 9.78. The fourth-order valence-corrected chi connectivity index (χ4v) is 3.65. The first kappa shape index (κ1) is 33.1. The van der Waals surface area contributed by atoms with Gasteiger partial charge in [0.05, 0.1) is 11.8 Å². The molecule has 0 spiro atoms. The molecular weight excluding hydrogens is 490 g/mol. The topological polar surface area (TPSA) is 142 Å². The van der Waals surface area contributed by atoms with E-state index in [1.54, 1.807) is 33.8 Å². The number of hydrogen-bond donors (Lipinski definition) is 2. The van der Waals surface area contributed by atoms with Crippen molar-refractivity contribution in [1.29, 1.82) is 0 Å². The quantitative estimate of drug-likeness (QED) is 0.169. The smallest absolute Gasteiger partial charge is 0.324 e. The summed E-state index contributed by atoms with van der Waals surface area (Å²) in [7, 11) is 0. The van der Waals surface area contributed by atoms with Crippen LogP contribution in [0.5, 0.6) is 11.5 Å². The summed E-state index contributed by atoms with van der Waals surface area (Å²) in [4.78, 5) is 49.5. The minimum absolute atomic E-state index is 0.0141. The Labute approximate surface area is 226 Å². The first-order valence-corrected chi connectivity index (χ1v) is 13.6. The van der Waals surface area contributed by atoms with Crippen LogP contribution in [0, 0.1) is 17.8 Å². The highest BCUT2D eigenvalue weighted by molar-refractivity contribution is 5.80. The normalized spacial score (nSPS) is 15.9. The monoisotopic (exact) mass is 535 g/mol. The van der Waals surface area contributed by atoms with Crippen LogP contribution in [0.4, 0.5) is 0 Å². The van der Waals surface area contributed by atoms with Crippen LogP contribution >= 0.6 is 0 Å². The Kier molecular flexibility index (Phi) is 13.5. The Morgan fingerprint density at radius 3 is 1.95 bits per heavy atom. The lowest BCUT2D eigenvalue weighted by Gasteiger charge is -2.35. The van der Waals surface area contributed by atoms with Gasteiger partial charge in [0.2, 0.25) is 0 Å². The predicted molar refractivity (Wildman–Crippen MR) is 144 cm³/mol. The maximum atomic E-state index is 12.5. The first-order valence-electron chi connectivity index (χ1n) is 13.6. The van der Waals surface area contributed by atoms with Crippen LogP contribution in [0.25, 0.3) is 0 Å². The molecule has 0 aliphatic rings. The third-order valence-electron chi connectivity index (χ3n) is 7.17. The average molecular weight is 536 g/mol. The van der Waals surface area contributed by atoms with Crippen LogP contribution < -0.4 is 15.2 Å². The highest BCUT2D eigenvalue weighted by Crippen LogP contribution is 2.33. The van der Waals surface area contributed by atoms with Crippen LogP contribution in [0.1, 0.15) is 92.6 Å². The molecule has 0 amide bonds. The molecule has 3 N–H and O–H groups in total. The maximum absolute atomic E-state index is 12.5. The summed E-state index contributed by atoms with van der Waals surface area (Å²) in [5, 5.41) is 10.1. The van der Waals surface area contributed by atoms with E-state index in [0.29, 0.717) is 24.8 Å². The molecule has 1 rings (SSSR count). The van der Waals surface area contributed by atoms with Gasteiger partial charge in [-0.2, -0.15) is 0 Å². The molecular formula is C29H45NO8. The maximum Gasteiger partial charge on any atom is 0.324 e. The lowest BCUT2D eigenvalue weighted by molar-refractivity contribution is -0.157. The van der Waals surface area contributed by atoms with E-state index in [1.807, 2.05) is 20.8 Å². The Morgan fingerprint density at radius 2 is 1.45 bits per heavy atom. The van der Waals surface area contributed by atoms with Crippen molar-refractivity contribution in [3.05, 3.63) is 23.8 Å². The number of rotatable bonds is 16. The van der Waals surface area contributed by atoms with E-state index >= 15 is 0 Å². The molecule has 9 nitrogen and oxygen atoms in total. The van der Waals surface area contributed by atoms with Gasteiger partial charge in [-0.15, -0.1) is 0 Å². The molecule has 1 aromatic carbocycles. The van der Waals surface area contributed by atoms with Gasteiger partial charge in [-0.05, 0) is 43.9 Å². The third-order valence-corrected chi connectivity index (χ3v) is 7.17. The second kappa shape index (κ2) is 15.5. The van der Waals surface area contributed by atoms with E-state index < -0.39 is 47.4 Å². The number of hydrogen-bond acceptors (Lipinski definition) is 8. The van der Waals surface area contributed by atoms with Crippen molar-refractivity contribution in [3.63, 3.8) is 0 Å². The van der Waals surface area contributed by atoms with E-state index in [4.69, 9.17) is 19.9 Å². The van der Waals surface area contributed by atoms with Crippen molar-refractivity contribution in [3.8, 4) is 11.5 Å². The summed E-state index contributed by atoms with van der Waals surface area (Å²) < 4.78 is 16.5. The number of benzene rings is 1. The molecule has 0 radical (unpaired) electrons. The predicted octanol–water partition coefficient (Wildman–Crippen LogP) is 5.06. The molecule has 5 atom stereocenters. The van der Waals surface area contributed by atoms with Crippen molar-refractivity contribution in [2.45, 2.75) is 105 Å². The van der Waals surface area contributed by atoms with E-state index in [-0.39, 0.29) is 30.3 Å². The molecule has 0 aliphatic carbocycles. The average Bonchev–Trinajstić information content (AvgIpc) is 2.88. The fraction of sp³-hybridized carbons (Fsp3) is 0.655. The molecule has 2 unspecified atom stereocenters. The van der Waals surface area contributed by atoms with E-state index in [2.05, 4.69) is 0 Å². The molecule has 38 heavy (non-hydrogen) atoms. The molecule has 1 aromatic rings. The van der Waals surface area contributed by atoms with Gasteiger partial charge in [-0.3, -0.25) is 19.2 Å². The fourth-order valence-electron chi connectivity index (χ4n) is 3.65. The molecule has 0 fully saturated rings. The highest BCUT2D eigenvalue weighted by atomic mass is 16.6. The molecule has 0 saturated carbocycles. The standard InChI is InChI=1S/C29H45NO8/c1-8-11-12-13-25(31)36-21(7)20(6)29(30,28(34)35)17-22-14-15-23(37-26(32)18(4)9-2)24(16-22)38-27(33)19(5)10-3/h14-16,18-21H,8-13,17,30H2,1-7H3,(H,34,35)/t18?,19?,20-,21+,29-/m1/s1. The van der Waals surface area contributed by atoms with Crippen LogP contribution in [0.2, 0.25) is 0 Å². The van der Waals surface area contributed by atoms with Crippen LogP contribution in [0.15, 0.2) is 18.2 Å². The molecule has 0 bridgehead atoms. The number of aliphatic carboxylic acids is 1. The number of carbonyl (C=O) groups excluding carboxylic acids is 3. The summed E-state index contributed by atoms with van der Waals surface area (Å²) in [5.74, 6) is -4.04. The second-order valence-corrected chi connectivity index (χ2v) is 10.2. The first-order chi connectivity index (χ1) is 17.8. The second-order valence-electron chi connectivity index (χ2n) is 10.2. The molecule has 9 heteroatoms. The lowest BCUT2D eigenvalue weighted by Crippen LogP contribution is -2.58. The molecule has 214 valence electrons. The van der Waals surface area contributed by atoms with Gasteiger partial charge in [-0.1, -0.05) is 60.5 Å². The Hall–Kier alpha value is -2.94. The zero-order valence-corrected chi connectivity index (χ0v) is 23.9. The molecule has 0 aromatic heterocycles. The van der Waals surface area contributed by atoms with Gasteiger partial charge < -0.3 is 25.1 Å². The van der Waals surface area contributed by atoms with Gasteiger partial charge in [0.1, 0.15) is 11.6 Å². The van der Waals surface area contributed by atoms with Crippen LogP contribution in [-0.4, -0.2) is 40.6 Å². The number of esters is 3. The van der Waals surface area contributed by atoms with Gasteiger partial charge in [0.25, 0.3) is 0 Å². The van der Waals surface area contributed by atoms with Crippen LogP contribution in [0.3, 0.4) is 0 Å². The third kappa shape index (κ3) is 9.42. The van der Waals surface area contributed by atoms with Crippen molar-refractivity contribution in [2.24, 2.45) is 23.5 Å². The summed E-state index contributed by atoms with van der Waals surface area (Å²) in [6.45, 7) is 12.4. The summed E-state index contributed by atoms with van der Waals surface area (Å²) >= 11 is 0. The zero-order valence-electron chi connectivity index (χ0n) is 23.9. The Bertz CT molecular complexity index is 962. The Balaban J connectivity index is 3.26. The molecule has 0 saturated heterocycles. The highest BCUT2D eigenvalue weighted by Gasteiger charge is 2.44. The van der Waals surface area contributed by atoms with Crippen molar-refractivity contribution < 1.29 is 38.5 Å². The van der Waals surface area contributed by atoms with Crippen LogP contribution in [-0.2, 0) is 30.3 Å². The number of carbonyl (C=O) groups is 4. The SMILES string of the molecule is CCCCCC(=O)O[C@@H](C)[C@@H](C)[C@](N)(Cc1ccc(OC(=O)C(C)CC)c(OC(=O)C(C)CC)c1)C(=O)O.